The number of hydrogen-bond donors (Lipinski definition) is 2. The molecule has 1 aromatic carbocycles. The fraction of sp³-hybridized carbons (Fsp3) is 0.474. The number of methoxy groups -OCH3 is 1. The minimum atomic E-state index is -3.22. The Morgan fingerprint density at radius 1 is 1.34 bits per heavy atom. The van der Waals surface area contributed by atoms with Gasteiger partial charge in [-0.2, -0.15) is 0 Å². The van der Waals surface area contributed by atoms with E-state index >= 15 is 0 Å². The lowest BCUT2D eigenvalue weighted by Gasteiger charge is -2.21. The number of rotatable bonds is 10. The molecule has 160 valence electrons. The Hall–Kier alpha value is -2.59. The fourth-order valence-electron chi connectivity index (χ4n) is 2.89. The third-order valence-corrected chi connectivity index (χ3v) is 6.48. The van der Waals surface area contributed by atoms with Crippen LogP contribution in [0.15, 0.2) is 36.7 Å². The molecule has 10 heteroatoms. The highest BCUT2D eigenvalue weighted by molar-refractivity contribution is 7.89. The molecule has 1 unspecified atom stereocenters. The lowest BCUT2D eigenvalue weighted by molar-refractivity contribution is 0.237. The number of nitrogens with one attached hydrogen (secondary N) is 2. The van der Waals surface area contributed by atoms with E-state index in [1.54, 1.807) is 26.4 Å². The van der Waals surface area contributed by atoms with Crippen molar-refractivity contribution in [3.63, 3.8) is 0 Å². The number of amides is 2. The van der Waals surface area contributed by atoms with Crippen molar-refractivity contribution in [1.82, 2.24) is 24.5 Å². The van der Waals surface area contributed by atoms with Gasteiger partial charge in [-0.25, -0.2) is 22.5 Å². The van der Waals surface area contributed by atoms with Gasteiger partial charge in [-0.3, -0.25) is 0 Å². The van der Waals surface area contributed by atoms with E-state index in [9.17, 15) is 13.2 Å². The number of urea groups is 1. The monoisotopic (exact) mass is 423 g/mol. The van der Waals surface area contributed by atoms with E-state index in [4.69, 9.17) is 4.74 Å². The largest absolute Gasteiger partial charge is 0.496 e. The highest BCUT2D eigenvalue weighted by Gasteiger charge is 2.23. The standard InChI is InChI=1S/C19H29N5O4S/c1-5-29(26,27)24(3)13-8-11-21-19(25)22-17(18-20-12-14-23(18)2)15-9-6-7-10-16(15)28-4/h6-7,9-10,12,14,17H,5,8,11,13H2,1-4H3,(H2,21,22,25). The highest BCUT2D eigenvalue weighted by Crippen LogP contribution is 2.28. The maximum absolute atomic E-state index is 12.5. The van der Waals surface area contributed by atoms with Crippen molar-refractivity contribution in [3.8, 4) is 5.75 Å². The van der Waals surface area contributed by atoms with Crippen LogP contribution >= 0.6 is 0 Å². The quantitative estimate of drug-likeness (QED) is 0.563. The van der Waals surface area contributed by atoms with E-state index in [-0.39, 0.29) is 11.8 Å². The van der Waals surface area contributed by atoms with Crippen molar-refractivity contribution < 1.29 is 17.9 Å². The molecule has 0 saturated carbocycles. The summed E-state index contributed by atoms with van der Waals surface area (Å²) >= 11 is 0. The Kier molecular flexibility index (Phi) is 8.03. The lowest BCUT2D eigenvalue weighted by atomic mass is 10.0. The van der Waals surface area contributed by atoms with Crippen LogP contribution in [0, 0.1) is 0 Å². The number of sulfonamides is 1. The van der Waals surface area contributed by atoms with Crippen LogP contribution in [0.4, 0.5) is 4.79 Å². The summed E-state index contributed by atoms with van der Waals surface area (Å²) in [6.07, 6.45) is 3.98. The minimum absolute atomic E-state index is 0.0572. The third kappa shape index (κ3) is 5.94. The van der Waals surface area contributed by atoms with Crippen LogP contribution in [-0.2, 0) is 17.1 Å². The predicted octanol–water partition coefficient (Wildman–Crippen LogP) is 1.49. The zero-order valence-electron chi connectivity index (χ0n) is 17.3. The molecule has 0 fully saturated rings. The van der Waals surface area contributed by atoms with Crippen LogP contribution in [0.2, 0.25) is 0 Å². The van der Waals surface area contributed by atoms with Crippen LogP contribution in [0.3, 0.4) is 0 Å². The van der Waals surface area contributed by atoms with Gasteiger partial charge in [0.2, 0.25) is 10.0 Å². The number of carbonyl (C=O) groups is 1. The molecule has 9 nitrogen and oxygen atoms in total. The molecule has 2 aromatic rings. The van der Waals surface area contributed by atoms with E-state index in [0.29, 0.717) is 31.1 Å². The summed E-state index contributed by atoms with van der Waals surface area (Å²) in [5, 5.41) is 5.71. The van der Waals surface area contributed by atoms with E-state index in [2.05, 4.69) is 15.6 Å². The summed E-state index contributed by atoms with van der Waals surface area (Å²) in [6.45, 7) is 2.29. The first-order valence-corrected chi connectivity index (χ1v) is 11.0. The van der Waals surface area contributed by atoms with Gasteiger partial charge >= 0.3 is 6.03 Å². The van der Waals surface area contributed by atoms with Crippen molar-refractivity contribution in [2.45, 2.75) is 19.4 Å². The molecule has 0 spiro atoms. The summed E-state index contributed by atoms with van der Waals surface area (Å²) in [4.78, 5) is 16.9. The number of hydrogen-bond acceptors (Lipinski definition) is 5. The lowest BCUT2D eigenvalue weighted by Crippen LogP contribution is -2.40. The average molecular weight is 424 g/mol. The number of ether oxygens (including phenoxy) is 1. The van der Waals surface area contributed by atoms with Gasteiger partial charge in [-0.1, -0.05) is 18.2 Å². The zero-order valence-corrected chi connectivity index (χ0v) is 18.1. The average Bonchev–Trinajstić information content (AvgIpc) is 3.14. The van der Waals surface area contributed by atoms with Gasteiger partial charge < -0.3 is 19.9 Å². The second-order valence-electron chi connectivity index (χ2n) is 6.55. The van der Waals surface area contributed by atoms with Crippen LogP contribution in [0.1, 0.15) is 30.8 Å². The molecule has 1 aromatic heterocycles. The smallest absolute Gasteiger partial charge is 0.315 e. The van der Waals surface area contributed by atoms with Crippen molar-refractivity contribution in [3.05, 3.63) is 48.0 Å². The van der Waals surface area contributed by atoms with Gasteiger partial charge in [0.15, 0.2) is 0 Å². The molecule has 0 radical (unpaired) electrons. The molecule has 0 aliphatic carbocycles. The Bertz CT molecular complexity index is 913. The molecule has 2 amide bonds. The molecule has 1 heterocycles. The van der Waals surface area contributed by atoms with Gasteiger partial charge in [-0.05, 0) is 19.4 Å². The molecule has 0 aliphatic rings. The number of para-hydroxylation sites is 1. The van der Waals surface area contributed by atoms with E-state index in [1.165, 1.54) is 11.4 Å². The van der Waals surface area contributed by atoms with Crippen molar-refractivity contribution >= 4 is 16.1 Å². The molecule has 29 heavy (non-hydrogen) atoms. The number of imidazole rings is 1. The summed E-state index contributed by atoms with van der Waals surface area (Å²) in [7, 11) is 1.76. The molecule has 1 atom stereocenters. The van der Waals surface area contributed by atoms with Crippen LogP contribution in [0.25, 0.3) is 0 Å². The van der Waals surface area contributed by atoms with Gasteiger partial charge in [0, 0.05) is 45.1 Å². The fourth-order valence-corrected chi connectivity index (χ4v) is 3.73. The molecule has 2 N–H and O–H groups in total. The van der Waals surface area contributed by atoms with Gasteiger partial charge in [0.05, 0.1) is 12.9 Å². The Morgan fingerprint density at radius 2 is 2.07 bits per heavy atom. The van der Waals surface area contributed by atoms with Gasteiger partial charge in [0.1, 0.15) is 17.6 Å². The number of nitrogens with zero attached hydrogens (tertiary/aromatic N) is 3. The molecular weight excluding hydrogens is 394 g/mol. The van der Waals surface area contributed by atoms with E-state index in [1.807, 2.05) is 35.9 Å². The second kappa shape index (κ2) is 10.3. The zero-order chi connectivity index (χ0) is 21.4. The Morgan fingerprint density at radius 3 is 2.69 bits per heavy atom. The highest BCUT2D eigenvalue weighted by atomic mass is 32.2. The van der Waals surface area contributed by atoms with Gasteiger partial charge in [-0.15, -0.1) is 0 Å². The van der Waals surface area contributed by atoms with E-state index < -0.39 is 16.1 Å². The first kappa shape index (κ1) is 22.7. The number of carbonyl (C=O) groups excluding carboxylic acids is 1. The summed E-state index contributed by atoms with van der Waals surface area (Å²) in [5.74, 6) is 1.37. The van der Waals surface area contributed by atoms with Crippen LogP contribution in [-0.4, -0.2) is 61.3 Å². The SMILES string of the molecule is CCS(=O)(=O)N(C)CCCNC(=O)NC(c1ccccc1OC)c1nccn1C. The van der Waals surface area contributed by atoms with Crippen LogP contribution < -0.4 is 15.4 Å². The number of aryl methyl sites for hydroxylation is 1. The normalized spacial score (nSPS) is 12.6. The minimum Gasteiger partial charge on any atom is -0.496 e. The number of aromatic nitrogens is 2. The Balaban J connectivity index is 2.03. The van der Waals surface area contributed by atoms with Crippen molar-refractivity contribution in [2.24, 2.45) is 7.05 Å². The van der Waals surface area contributed by atoms with Crippen molar-refractivity contribution in [2.75, 3.05) is 33.0 Å². The molecular formula is C19H29N5O4S. The van der Waals surface area contributed by atoms with E-state index in [0.717, 1.165) is 5.56 Å². The topological polar surface area (TPSA) is 106 Å². The number of benzene rings is 1. The Labute approximate surface area is 172 Å². The summed E-state index contributed by atoms with van der Waals surface area (Å²) in [5.41, 5.74) is 0.785. The molecule has 0 aliphatic heterocycles. The molecule has 0 bridgehead atoms. The summed E-state index contributed by atoms with van der Waals surface area (Å²) < 4.78 is 32.1. The van der Waals surface area contributed by atoms with Gasteiger partial charge in [0.25, 0.3) is 0 Å². The first-order chi connectivity index (χ1) is 13.8. The van der Waals surface area contributed by atoms with Crippen LogP contribution in [0.5, 0.6) is 5.75 Å². The van der Waals surface area contributed by atoms with Crippen molar-refractivity contribution in [1.29, 1.82) is 0 Å². The second-order valence-corrected chi connectivity index (χ2v) is 8.91. The maximum Gasteiger partial charge on any atom is 0.315 e. The third-order valence-electron chi connectivity index (χ3n) is 4.62. The predicted molar refractivity (Wildman–Crippen MR) is 111 cm³/mol. The molecule has 0 saturated heterocycles. The molecule has 2 rings (SSSR count). The summed E-state index contributed by atoms with van der Waals surface area (Å²) in [6, 6.07) is 6.56. The maximum atomic E-state index is 12.5. The first-order valence-electron chi connectivity index (χ1n) is 9.38.